The van der Waals surface area contributed by atoms with Gasteiger partial charge in [0, 0.05) is 24.3 Å². The molecule has 2 unspecified atom stereocenters. The minimum Gasteiger partial charge on any atom is -0.385 e. The summed E-state index contributed by atoms with van der Waals surface area (Å²) < 4.78 is 0. The van der Waals surface area contributed by atoms with E-state index in [1.165, 1.54) is 36.1 Å². The van der Waals surface area contributed by atoms with Crippen molar-refractivity contribution < 1.29 is 0 Å². The van der Waals surface area contributed by atoms with Gasteiger partial charge in [0.15, 0.2) is 0 Å². The number of hydrogen-bond acceptors (Lipinski definition) is 2. The molecule has 2 N–H and O–H groups in total. The number of fused-ring (bicyclic) bond motifs is 1. The van der Waals surface area contributed by atoms with Crippen molar-refractivity contribution in [2.24, 2.45) is 0 Å². The van der Waals surface area contributed by atoms with Gasteiger partial charge in [-0.3, -0.25) is 0 Å². The third-order valence-corrected chi connectivity index (χ3v) is 3.83. The molecule has 1 aromatic carbocycles. The molecule has 0 aromatic heterocycles. The van der Waals surface area contributed by atoms with Gasteiger partial charge in [-0.15, -0.1) is 0 Å². The van der Waals surface area contributed by atoms with Gasteiger partial charge >= 0.3 is 0 Å². The van der Waals surface area contributed by atoms with Gasteiger partial charge in [0.05, 0.1) is 0 Å². The lowest BCUT2D eigenvalue weighted by Crippen LogP contribution is -2.35. The molecule has 0 fully saturated rings. The van der Waals surface area contributed by atoms with Crippen LogP contribution in [0.3, 0.4) is 0 Å². The maximum atomic E-state index is 3.64. The second-order valence-electron chi connectivity index (χ2n) is 5.60. The average Bonchev–Trinajstić information content (AvgIpc) is 2.38. The van der Waals surface area contributed by atoms with Crippen LogP contribution in [0.25, 0.3) is 0 Å². The van der Waals surface area contributed by atoms with Crippen LogP contribution in [-0.2, 0) is 12.8 Å². The molecule has 0 bridgehead atoms. The number of aryl methyl sites for hydroxylation is 1. The summed E-state index contributed by atoms with van der Waals surface area (Å²) in [6.45, 7) is 7.89. The lowest BCUT2D eigenvalue weighted by molar-refractivity contribution is 0.455. The van der Waals surface area contributed by atoms with Crippen molar-refractivity contribution in [3.8, 4) is 0 Å². The van der Waals surface area contributed by atoms with Crippen molar-refractivity contribution in [2.45, 2.75) is 58.5 Å². The second kappa shape index (κ2) is 6.24. The monoisotopic (exact) mass is 246 g/mol. The van der Waals surface area contributed by atoms with Crippen LogP contribution in [-0.4, -0.2) is 18.6 Å². The SMILES string of the molecule is CCC(C)NC(C)Cc1ccc2c(c1)CCCN2. The van der Waals surface area contributed by atoms with Gasteiger partial charge in [-0.1, -0.05) is 19.1 Å². The zero-order valence-corrected chi connectivity index (χ0v) is 11.9. The normalized spacial score (nSPS) is 17.7. The van der Waals surface area contributed by atoms with Crippen molar-refractivity contribution in [1.82, 2.24) is 5.32 Å². The summed E-state index contributed by atoms with van der Waals surface area (Å²) in [5.74, 6) is 0. The average molecular weight is 246 g/mol. The number of nitrogens with one attached hydrogen (secondary N) is 2. The zero-order chi connectivity index (χ0) is 13.0. The highest BCUT2D eigenvalue weighted by Crippen LogP contribution is 2.23. The Morgan fingerprint density at radius 2 is 2.11 bits per heavy atom. The summed E-state index contributed by atoms with van der Waals surface area (Å²) >= 11 is 0. The van der Waals surface area contributed by atoms with Crippen molar-refractivity contribution in [2.75, 3.05) is 11.9 Å². The Kier molecular flexibility index (Phi) is 4.65. The van der Waals surface area contributed by atoms with Gasteiger partial charge in [0.2, 0.25) is 0 Å². The maximum absolute atomic E-state index is 3.64. The van der Waals surface area contributed by atoms with E-state index < -0.39 is 0 Å². The van der Waals surface area contributed by atoms with Gasteiger partial charge in [-0.05, 0) is 56.7 Å². The number of hydrogen-bond donors (Lipinski definition) is 2. The summed E-state index contributed by atoms with van der Waals surface area (Å²) in [6.07, 6.45) is 4.80. The minimum absolute atomic E-state index is 0.551. The first-order valence-electron chi connectivity index (χ1n) is 7.30. The standard InChI is InChI=1S/C16H26N2/c1-4-12(2)18-13(3)10-14-7-8-16-15(11-14)6-5-9-17-16/h7-8,11-13,17-18H,4-6,9-10H2,1-3H3. The minimum atomic E-state index is 0.551. The summed E-state index contributed by atoms with van der Waals surface area (Å²) in [5.41, 5.74) is 4.29. The van der Waals surface area contributed by atoms with Crippen LogP contribution in [0.2, 0.25) is 0 Å². The molecular formula is C16H26N2. The van der Waals surface area contributed by atoms with Gasteiger partial charge in [-0.25, -0.2) is 0 Å². The fourth-order valence-electron chi connectivity index (χ4n) is 2.67. The quantitative estimate of drug-likeness (QED) is 0.832. The number of benzene rings is 1. The number of rotatable bonds is 5. The smallest absolute Gasteiger partial charge is 0.0372 e. The van der Waals surface area contributed by atoms with Crippen LogP contribution in [0, 0.1) is 0 Å². The van der Waals surface area contributed by atoms with Gasteiger partial charge in [-0.2, -0.15) is 0 Å². The van der Waals surface area contributed by atoms with Crippen molar-refractivity contribution in [3.63, 3.8) is 0 Å². The topological polar surface area (TPSA) is 24.1 Å². The van der Waals surface area contributed by atoms with E-state index in [1.54, 1.807) is 0 Å². The first kappa shape index (κ1) is 13.4. The Morgan fingerprint density at radius 3 is 2.89 bits per heavy atom. The van der Waals surface area contributed by atoms with E-state index in [2.05, 4.69) is 49.6 Å². The van der Waals surface area contributed by atoms with Gasteiger partial charge in [0.25, 0.3) is 0 Å². The molecule has 0 spiro atoms. The molecule has 2 rings (SSSR count). The Labute approximate surface area is 111 Å². The van der Waals surface area contributed by atoms with Crippen LogP contribution in [0.1, 0.15) is 44.7 Å². The van der Waals surface area contributed by atoms with E-state index >= 15 is 0 Å². The molecule has 100 valence electrons. The molecule has 18 heavy (non-hydrogen) atoms. The highest BCUT2D eigenvalue weighted by molar-refractivity contribution is 5.54. The molecule has 2 nitrogen and oxygen atoms in total. The highest BCUT2D eigenvalue weighted by atomic mass is 14.9. The van der Waals surface area contributed by atoms with E-state index in [4.69, 9.17) is 0 Å². The predicted molar refractivity (Wildman–Crippen MR) is 79.3 cm³/mol. The van der Waals surface area contributed by atoms with E-state index in [1.807, 2.05) is 0 Å². The van der Waals surface area contributed by atoms with E-state index in [0.29, 0.717) is 12.1 Å². The third-order valence-electron chi connectivity index (χ3n) is 3.83. The van der Waals surface area contributed by atoms with Crippen molar-refractivity contribution in [3.05, 3.63) is 29.3 Å². The summed E-state index contributed by atoms with van der Waals surface area (Å²) in [5, 5.41) is 7.11. The van der Waals surface area contributed by atoms with Crippen LogP contribution in [0.5, 0.6) is 0 Å². The molecule has 2 heteroatoms. The molecule has 0 saturated heterocycles. The molecule has 1 heterocycles. The Bertz CT molecular complexity index is 387. The summed E-state index contributed by atoms with van der Waals surface area (Å²) in [4.78, 5) is 0. The summed E-state index contributed by atoms with van der Waals surface area (Å²) in [6, 6.07) is 8.07. The first-order chi connectivity index (χ1) is 8.69. The number of anilines is 1. The zero-order valence-electron chi connectivity index (χ0n) is 11.9. The second-order valence-corrected chi connectivity index (χ2v) is 5.60. The van der Waals surface area contributed by atoms with Crippen molar-refractivity contribution in [1.29, 1.82) is 0 Å². The van der Waals surface area contributed by atoms with Gasteiger partial charge < -0.3 is 10.6 Å². The lowest BCUT2D eigenvalue weighted by Gasteiger charge is -2.21. The third kappa shape index (κ3) is 3.49. The Hall–Kier alpha value is -1.02. The lowest BCUT2D eigenvalue weighted by atomic mass is 9.98. The van der Waals surface area contributed by atoms with Crippen LogP contribution >= 0.6 is 0 Å². The molecule has 0 radical (unpaired) electrons. The molecular weight excluding hydrogens is 220 g/mol. The van der Waals surface area contributed by atoms with Crippen LogP contribution in [0.15, 0.2) is 18.2 Å². The van der Waals surface area contributed by atoms with Gasteiger partial charge in [0.1, 0.15) is 0 Å². The molecule has 0 saturated carbocycles. The van der Waals surface area contributed by atoms with Crippen LogP contribution < -0.4 is 10.6 Å². The van der Waals surface area contributed by atoms with E-state index in [-0.39, 0.29) is 0 Å². The molecule has 1 aliphatic rings. The fourth-order valence-corrected chi connectivity index (χ4v) is 2.67. The van der Waals surface area contributed by atoms with Crippen molar-refractivity contribution >= 4 is 5.69 Å². The van der Waals surface area contributed by atoms with E-state index in [0.717, 1.165) is 13.0 Å². The Morgan fingerprint density at radius 1 is 1.28 bits per heavy atom. The highest BCUT2D eigenvalue weighted by Gasteiger charge is 2.11. The Balaban J connectivity index is 1.97. The largest absolute Gasteiger partial charge is 0.385 e. The maximum Gasteiger partial charge on any atom is 0.0372 e. The summed E-state index contributed by atoms with van der Waals surface area (Å²) in [7, 11) is 0. The molecule has 1 aliphatic heterocycles. The molecule has 0 aliphatic carbocycles. The predicted octanol–water partition coefficient (Wildman–Crippen LogP) is 3.36. The first-order valence-corrected chi connectivity index (χ1v) is 7.30. The molecule has 2 atom stereocenters. The molecule has 1 aromatic rings. The molecule has 0 amide bonds. The van der Waals surface area contributed by atoms with Crippen LogP contribution in [0.4, 0.5) is 5.69 Å². The van der Waals surface area contributed by atoms with E-state index in [9.17, 15) is 0 Å². The fraction of sp³-hybridized carbons (Fsp3) is 0.625.